The number of carbonyl (C=O) groups is 3. The maximum atomic E-state index is 12.4. The number of ketones is 1. The standard InChI is InChI=1S/C20H23NO5/c1-2-25-19(23)12-8-3-5-9-16-15-17(22)13-14-21(16)20(24)26-18-10-6-4-7-11-18/h4,6-8,10-14,16H,2-3,5,9,15H2,1H3/b12-8+. The van der Waals surface area contributed by atoms with Gasteiger partial charge in [-0.05, 0) is 44.4 Å². The van der Waals surface area contributed by atoms with Crippen molar-refractivity contribution in [3.63, 3.8) is 0 Å². The second kappa shape index (κ2) is 10.2. The molecule has 0 saturated heterocycles. The number of para-hydroxylation sites is 1. The second-order valence-corrected chi connectivity index (χ2v) is 5.81. The van der Waals surface area contributed by atoms with Crippen molar-refractivity contribution < 1.29 is 23.9 Å². The van der Waals surface area contributed by atoms with Crippen LogP contribution < -0.4 is 4.74 Å². The van der Waals surface area contributed by atoms with E-state index in [4.69, 9.17) is 9.47 Å². The first-order valence-electron chi connectivity index (χ1n) is 8.69. The van der Waals surface area contributed by atoms with Crippen molar-refractivity contribution in [3.05, 3.63) is 54.8 Å². The quantitative estimate of drug-likeness (QED) is 0.423. The zero-order valence-corrected chi connectivity index (χ0v) is 14.8. The molecule has 1 aliphatic rings. The Morgan fingerprint density at radius 3 is 2.77 bits per heavy atom. The van der Waals surface area contributed by atoms with Crippen LogP contribution >= 0.6 is 0 Å². The normalized spacial score (nSPS) is 16.7. The van der Waals surface area contributed by atoms with Crippen molar-refractivity contribution >= 4 is 17.8 Å². The van der Waals surface area contributed by atoms with E-state index in [1.165, 1.54) is 23.3 Å². The molecule has 2 rings (SSSR count). The molecule has 0 aliphatic carbocycles. The highest BCUT2D eigenvalue weighted by Crippen LogP contribution is 2.21. The predicted octanol–water partition coefficient (Wildman–Crippen LogP) is 3.63. The lowest BCUT2D eigenvalue weighted by atomic mass is 10.00. The molecule has 1 atom stereocenters. The highest BCUT2D eigenvalue weighted by molar-refractivity contribution is 5.92. The number of esters is 1. The van der Waals surface area contributed by atoms with Crippen LogP contribution in [0.3, 0.4) is 0 Å². The van der Waals surface area contributed by atoms with Gasteiger partial charge < -0.3 is 9.47 Å². The van der Waals surface area contributed by atoms with E-state index in [-0.39, 0.29) is 24.2 Å². The molecule has 0 radical (unpaired) electrons. The smallest absolute Gasteiger partial charge is 0.419 e. The van der Waals surface area contributed by atoms with Gasteiger partial charge in [0.25, 0.3) is 0 Å². The summed E-state index contributed by atoms with van der Waals surface area (Å²) < 4.78 is 10.2. The number of allylic oxidation sites excluding steroid dienone is 2. The molecule has 1 unspecified atom stereocenters. The summed E-state index contributed by atoms with van der Waals surface area (Å²) in [6, 6.07) is 8.55. The van der Waals surface area contributed by atoms with Crippen LogP contribution in [0.2, 0.25) is 0 Å². The molecule has 0 fully saturated rings. The zero-order valence-electron chi connectivity index (χ0n) is 14.8. The minimum atomic E-state index is -0.507. The summed E-state index contributed by atoms with van der Waals surface area (Å²) in [7, 11) is 0. The molecule has 0 bridgehead atoms. The molecule has 0 N–H and O–H groups in total. The molecule has 138 valence electrons. The van der Waals surface area contributed by atoms with Crippen LogP contribution in [0.4, 0.5) is 4.79 Å². The summed E-state index contributed by atoms with van der Waals surface area (Å²) in [6.07, 6.45) is 7.80. The zero-order chi connectivity index (χ0) is 18.8. The Balaban J connectivity index is 1.88. The Morgan fingerprint density at radius 2 is 2.04 bits per heavy atom. The molecule has 1 amide bonds. The van der Waals surface area contributed by atoms with Gasteiger partial charge in [0, 0.05) is 24.7 Å². The number of carbonyl (C=O) groups excluding carboxylic acids is 3. The molecular weight excluding hydrogens is 334 g/mol. The van der Waals surface area contributed by atoms with E-state index in [0.29, 0.717) is 25.2 Å². The molecule has 1 heterocycles. The van der Waals surface area contributed by atoms with E-state index < -0.39 is 6.09 Å². The topological polar surface area (TPSA) is 72.9 Å². The van der Waals surface area contributed by atoms with Gasteiger partial charge in [0.2, 0.25) is 0 Å². The average molecular weight is 357 g/mol. The number of ether oxygens (including phenoxy) is 2. The van der Waals surface area contributed by atoms with Crippen molar-refractivity contribution in [2.24, 2.45) is 0 Å². The van der Waals surface area contributed by atoms with Crippen LogP contribution in [-0.2, 0) is 14.3 Å². The molecule has 1 aliphatic heterocycles. The molecule has 0 aromatic heterocycles. The molecule has 6 nitrogen and oxygen atoms in total. The fourth-order valence-corrected chi connectivity index (χ4v) is 2.62. The van der Waals surface area contributed by atoms with Gasteiger partial charge in [0.15, 0.2) is 5.78 Å². The van der Waals surface area contributed by atoms with E-state index >= 15 is 0 Å². The van der Waals surface area contributed by atoms with Crippen LogP contribution in [0.1, 0.15) is 32.6 Å². The lowest BCUT2D eigenvalue weighted by molar-refractivity contribution is -0.137. The summed E-state index contributed by atoms with van der Waals surface area (Å²) >= 11 is 0. The van der Waals surface area contributed by atoms with Crippen LogP contribution in [0.25, 0.3) is 0 Å². The Kier molecular flexibility index (Phi) is 7.61. The average Bonchev–Trinajstić information content (AvgIpc) is 2.62. The number of hydrogen-bond donors (Lipinski definition) is 0. The fourth-order valence-electron chi connectivity index (χ4n) is 2.62. The Bertz CT molecular complexity index is 681. The lowest BCUT2D eigenvalue weighted by Crippen LogP contribution is -2.41. The van der Waals surface area contributed by atoms with Gasteiger partial charge in [-0.15, -0.1) is 0 Å². The van der Waals surface area contributed by atoms with Gasteiger partial charge in [0.05, 0.1) is 6.61 Å². The van der Waals surface area contributed by atoms with Gasteiger partial charge in [-0.3, -0.25) is 9.69 Å². The number of rotatable bonds is 7. The molecule has 1 aromatic carbocycles. The summed E-state index contributed by atoms with van der Waals surface area (Å²) in [4.78, 5) is 36.8. The third-order valence-corrected chi connectivity index (χ3v) is 3.86. The molecule has 26 heavy (non-hydrogen) atoms. The first-order valence-corrected chi connectivity index (χ1v) is 8.69. The summed E-state index contributed by atoms with van der Waals surface area (Å²) in [5, 5.41) is 0. The van der Waals surface area contributed by atoms with Crippen molar-refractivity contribution in [1.82, 2.24) is 4.90 Å². The molecule has 0 spiro atoms. The van der Waals surface area contributed by atoms with Crippen molar-refractivity contribution in [2.75, 3.05) is 6.61 Å². The van der Waals surface area contributed by atoms with Gasteiger partial charge in [-0.2, -0.15) is 0 Å². The third-order valence-electron chi connectivity index (χ3n) is 3.86. The molecular formula is C20H23NO5. The lowest BCUT2D eigenvalue weighted by Gasteiger charge is -2.30. The Morgan fingerprint density at radius 1 is 1.27 bits per heavy atom. The van der Waals surface area contributed by atoms with Crippen molar-refractivity contribution in [3.8, 4) is 5.75 Å². The number of nitrogens with zero attached hydrogens (tertiary/aromatic N) is 1. The maximum Gasteiger partial charge on any atom is 0.419 e. The Labute approximate surface area is 153 Å². The number of benzene rings is 1. The van der Waals surface area contributed by atoms with Gasteiger partial charge >= 0.3 is 12.1 Å². The summed E-state index contributed by atoms with van der Waals surface area (Å²) in [5.41, 5.74) is 0. The van der Waals surface area contributed by atoms with Crippen LogP contribution in [-0.4, -0.2) is 35.4 Å². The fraction of sp³-hybridized carbons (Fsp3) is 0.350. The maximum absolute atomic E-state index is 12.4. The van der Waals surface area contributed by atoms with Crippen molar-refractivity contribution in [2.45, 2.75) is 38.6 Å². The number of amides is 1. The minimum absolute atomic E-state index is 0.0131. The molecule has 1 aromatic rings. The highest BCUT2D eigenvalue weighted by Gasteiger charge is 2.28. The highest BCUT2D eigenvalue weighted by atomic mass is 16.6. The monoisotopic (exact) mass is 357 g/mol. The number of unbranched alkanes of at least 4 members (excludes halogenated alkanes) is 1. The first-order chi connectivity index (χ1) is 12.6. The molecule has 0 saturated carbocycles. The van der Waals surface area contributed by atoms with E-state index in [2.05, 4.69) is 0 Å². The second-order valence-electron chi connectivity index (χ2n) is 5.81. The van der Waals surface area contributed by atoms with E-state index in [0.717, 1.165) is 6.42 Å². The Hall–Kier alpha value is -2.89. The first kappa shape index (κ1) is 19.4. The number of hydrogen-bond acceptors (Lipinski definition) is 5. The SMILES string of the molecule is CCOC(=O)/C=C/CCCC1CC(=O)C=CN1C(=O)Oc1ccccc1. The van der Waals surface area contributed by atoms with Gasteiger partial charge in [-0.1, -0.05) is 24.3 Å². The minimum Gasteiger partial charge on any atom is -0.463 e. The molecule has 6 heteroatoms. The van der Waals surface area contributed by atoms with Crippen LogP contribution in [0, 0.1) is 0 Å². The van der Waals surface area contributed by atoms with Crippen LogP contribution in [0.5, 0.6) is 5.75 Å². The summed E-state index contributed by atoms with van der Waals surface area (Å²) in [5.74, 6) is 0.0797. The summed E-state index contributed by atoms with van der Waals surface area (Å²) in [6.45, 7) is 2.10. The van der Waals surface area contributed by atoms with Gasteiger partial charge in [0.1, 0.15) is 5.75 Å². The van der Waals surface area contributed by atoms with E-state index in [1.54, 1.807) is 37.3 Å². The predicted molar refractivity (Wildman–Crippen MR) is 96.5 cm³/mol. The largest absolute Gasteiger partial charge is 0.463 e. The van der Waals surface area contributed by atoms with Gasteiger partial charge in [-0.25, -0.2) is 9.59 Å². The third kappa shape index (κ3) is 6.20. The van der Waals surface area contributed by atoms with Crippen molar-refractivity contribution in [1.29, 1.82) is 0 Å². The van der Waals surface area contributed by atoms with E-state index in [9.17, 15) is 14.4 Å². The van der Waals surface area contributed by atoms with Crippen LogP contribution in [0.15, 0.2) is 54.8 Å². The van der Waals surface area contributed by atoms with E-state index in [1.807, 2.05) is 6.07 Å².